The van der Waals surface area contributed by atoms with Gasteiger partial charge in [0, 0.05) is 12.1 Å². The van der Waals surface area contributed by atoms with E-state index in [2.05, 4.69) is 39.5 Å². The van der Waals surface area contributed by atoms with Crippen LogP contribution in [0.4, 0.5) is 0 Å². The molecule has 0 aliphatic carbocycles. The van der Waals surface area contributed by atoms with Crippen molar-refractivity contribution >= 4 is 17.4 Å². The van der Waals surface area contributed by atoms with Crippen molar-refractivity contribution in [3.05, 3.63) is 64.7 Å². The number of likely N-dealkylation sites (tertiary alicyclic amines) is 1. The fraction of sp³-hybridized carbons (Fsp3) is 0.448. The molecule has 192 valence electrons. The van der Waals surface area contributed by atoms with Crippen molar-refractivity contribution in [3.8, 4) is 11.5 Å². The molecule has 2 aliphatic rings. The van der Waals surface area contributed by atoms with E-state index < -0.39 is 17.7 Å². The van der Waals surface area contributed by atoms with Crippen LogP contribution in [0, 0.1) is 0 Å². The summed E-state index contributed by atoms with van der Waals surface area (Å²) in [5.74, 6) is -0.376. The summed E-state index contributed by atoms with van der Waals surface area (Å²) in [6.07, 6.45) is 0.731. The van der Waals surface area contributed by atoms with Gasteiger partial charge < -0.3 is 24.4 Å². The number of ether oxygens (including phenoxy) is 2. The van der Waals surface area contributed by atoms with Crippen LogP contribution in [0.3, 0.4) is 0 Å². The Morgan fingerprint density at radius 3 is 2.33 bits per heavy atom. The number of benzene rings is 2. The van der Waals surface area contributed by atoms with Crippen molar-refractivity contribution in [2.75, 3.05) is 33.0 Å². The van der Waals surface area contributed by atoms with Crippen LogP contribution in [-0.2, 0) is 15.0 Å². The number of fused-ring (bicyclic) bond motifs is 1. The highest BCUT2D eigenvalue weighted by atomic mass is 16.7. The Bertz CT molecular complexity index is 1160. The average molecular weight is 493 g/mol. The zero-order valence-electron chi connectivity index (χ0n) is 21.8. The van der Waals surface area contributed by atoms with Gasteiger partial charge in [0.1, 0.15) is 5.76 Å². The first-order chi connectivity index (χ1) is 17.2. The summed E-state index contributed by atoms with van der Waals surface area (Å²) < 4.78 is 10.8. The molecular weight excluding hydrogens is 456 g/mol. The lowest BCUT2D eigenvalue weighted by atomic mass is 9.85. The number of rotatable bonds is 8. The number of Topliss-reactive ketones (excluding diaryl/α,β-unsaturated/α-hetero) is 1. The van der Waals surface area contributed by atoms with Gasteiger partial charge in [-0.25, -0.2) is 0 Å². The Balaban J connectivity index is 1.75. The van der Waals surface area contributed by atoms with Crippen molar-refractivity contribution in [2.45, 2.75) is 52.5 Å². The van der Waals surface area contributed by atoms with Gasteiger partial charge in [0.25, 0.3) is 11.7 Å². The number of hydrogen-bond acceptors (Lipinski definition) is 6. The molecule has 1 amide bonds. The second-order valence-corrected chi connectivity index (χ2v) is 10.3. The number of ketones is 1. The maximum absolute atomic E-state index is 13.3. The minimum Gasteiger partial charge on any atom is -0.507 e. The Morgan fingerprint density at radius 1 is 1.03 bits per heavy atom. The van der Waals surface area contributed by atoms with E-state index in [1.165, 1.54) is 0 Å². The normalized spacial score (nSPS) is 18.9. The zero-order valence-corrected chi connectivity index (χ0v) is 21.8. The molecule has 1 saturated heterocycles. The molecule has 1 fully saturated rings. The predicted octanol–water partition coefficient (Wildman–Crippen LogP) is 4.87. The molecule has 2 aromatic rings. The second-order valence-electron chi connectivity index (χ2n) is 10.3. The molecule has 1 unspecified atom stereocenters. The Labute approximate surface area is 213 Å². The lowest BCUT2D eigenvalue weighted by Crippen LogP contribution is -2.33. The van der Waals surface area contributed by atoms with Crippen LogP contribution in [-0.4, -0.2) is 59.6 Å². The van der Waals surface area contributed by atoms with Gasteiger partial charge in [0.15, 0.2) is 11.5 Å². The SMILES string of the molecule is CCN(CC)CCCN1C(=O)C(=O)C(=C(O)c2ccc3c(c2)OCO3)C1c1ccc(C(C)(C)C)cc1. The van der Waals surface area contributed by atoms with E-state index in [1.54, 1.807) is 23.1 Å². The number of carbonyl (C=O) groups excluding carboxylic acids is 2. The van der Waals surface area contributed by atoms with Crippen LogP contribution >= 0.6 is 0 Å². The predicted molar refractivity (Wildman–Crippen MR) is 139 cm³/mol. The standard InChI is InChI=1S/C29H36N2O5/c1-6-30(7-2)15-8-16-31-25(19-9-12-21(13-10-19)29(3,4)5)24(27(33)28(31)34)26(32)20-11-14-22-23(17-20)36-18-35-22/h9-14,17,25,32H,6-8,15-16,18H2,1-5H3. The molecule has 0 spiro atoms. The van der Waals surface area contributed by atoms with Crippen molar-refractivity contribution in [1.29, 1.82) is 0 Å². The number of aliphatic hydroxyl groups excluding tert-OH is 1. The highest BCUT2D eigenvalue weighted by Gasteiger charge is 2.46. The number of hydrogen-bond donors (Lipinski definition) is 1. The topological polar surface area (TPSA) is 79.3 Å². The highest BCUT2D eigenvalue weighted by Crippen LogP contribution is 2.41. The van der Waals surface area contributed by atoms with Gasteiger partial charge in [0.05, 0.1) is 11.6 Å². The summed E-state index contributed by atoms with van der Waals surface area (Å²) in [4.78, 5) is 30.4. The van der Waals surface area contributed by atoms with Gasteiger partial charge in [-0.15, -0.1) is 0 Å². The quantitative estimate of drug-likeness (QED) is 0.322. The molecule has 4 rings (SSSR count). The molecule has 0 saturated carbocycles. The smallest absolute Gasteiger partial charge is 0.295 e. The van der Waals surface area contributed by atoms with E-state index in [9.17, 15) is 14.7 Å². The first kappa shape index (κ1) is 25.8. The van der Waals surface area contributed by atoms with Gasteiger partial charge >= 0.3 is 0 Å². The van der Waals surface area contributed by atoms with Crippen molar-refractivity contribution in [2.24, 2.45) is 0 Å². The fourth-order valence-electron chi connectivity index (χ4n) is 4.83. The number of carbonyl (C=O) groups is 2. The summed E-state index contributed by atoms with van der Waals surface area (Å²) in [6.45, 7) is 13.8. The molecule has 36 heavy (non-hydrogen) atoms. The first-order valence-corrected chi connectivity index (χ1v) is 12.7. The van der Waals surface area contributed by atoms with Crippen LogP contribution in [0.1, 0.15) is 63.8 Å². The summed E-state index contributed by atoms with van der Waals surface area (Å²) in [5.41, 5.74) is 2.44. The zero-order chi connectivity index (χ0) is 26.0. The lowest BCUT2D eigenvalue weighted by molar-refractivity contribution is -0.140. The van der Waals surface area contributed by atoms with Crippen molar-refractivity contribution in [3.63, 3.8) is 0 Å². The van der Waals surface area contributed by atoms with E-state index in [4.69, 9.17) is 9.47 Å². The Kier molecular flexibility index (Phi) is 7.41. The molecule has 0 bridgehead atoms. The third-order valence-electron chi connectivity index (χ3n) is 7.05. The Morgan fingerprint density at radius 2 is 1.69 bits per heavy atom. The summed E-state index contributed by atoms with van der Waals surface area (Å²) >= 11 is 0. The minimum absolute atomic E-state index is 0.0312. The fourth-order valence-corrected chi connectivity index (χ4v) is 4.83. The third kappa shape index (κ3) is 4.98. The maximum atomic E-state index is 13.3. The van der Waals surface area contributed by atoms with Crippen LogP contribution < -0.4 is 9.47 Å². The summed E-state index contributed by atoms with van der Waals surface area (Å²) in [5, 5.41) is 11.3. The number of aliphatic hydroxyl groups is 1. The largest absolute Gasteiger partial charge is 0.507 e. The van der Waals surface area contributed by atoms with E-state index in [0.29, 0.717) is 23.6 Å². The first-order valence-electron chi connectivity index (χ1n) is 12.7. The van der Waals surface area contributed by atoms with Gasteiger partial charge in [0.2, 0.25) is 6.79 Å². The third-order valence-corrected chi connectivity index (χ3v) is 7.05. The number of amides is 1. The van der Waals surface area contributed by atoms with Gasteiger partial charge in [-0.3, -0.25) is 9.59 Å². The molecule has 2 heterocycles. The van der Waals surface area contributed by atoms with Crippen LogP contribution in [0.15, 0.2) is 48.0 Å². The molecule has 0 radical (unpaired) electrons. The molecule has 7 heteroatoms. The molecule has 1 atom stereocenters. The van der Waals surface area contributed by atoms with Crippen molar-refractivity contribution < 1.29 is 24.2 Å². The molecule has 2 aromatic carbocycles. The van der Waals surface area contributed by atoms with Crippen LogP contribution in [0.5, 0.6) is 11.5 Å². The van der Waals surface area contributed by atoms with E-state index in [-0.39, 0.29) is 23.5 Å². The molecule has 0 aromatic heterocycles. The maximum Gasteiger partial charge on any atom is 0.295 e. The van der Waals surface area contributed by atoms with Crippen LogP contribution in [0.2, 0.25) is 0 Å². The summed E-state index contributed by atoms with van der Waals surface area (Å²) in [7, 11) is 0. The molecule has 2 aliphatic heterocycles. The van der Waals surface area contributed by atoms with Crippen molar-refractivity contribution in [1.82, 2.24) is 9.80 Å². The van der Waals surface area contributed by atoms with Crippen LogP contribution in [0.25, 0.3) is 5.76 Å². The molecule has 1 N–H and O–H groups in total. The van der Waals surface area contributed by atoms with E-state index >= 15 is 0 Å². The monoisotopic (exact) mass is 492 g/mol. The molecule has 7 nitrogen and oxygen atoms in total. The average Bonchev–Trinajstić information content (AvgIpc) is 3.43. The number of nitrogens with zero attached hydrogens (tertiary/aromatic N) is 2. The van der Waals surface area contributed by atoms with Gasteiger partial charge in [-0.05, 0) is 60.8 Å². The lowest BCUT2D eigenvalue weighted by Gasteiger charge is -2.27. The van der Waals surface area contributed by atoms with Gasteiger partial charge in [-0.2, -0.15) is 0 Å². The minimum atomic E-state index is -0.669. The molecular formula is C29H36N2O5. The Hall–Kier alpha value is -3.32. The van der Waals surface area contributed by atoms with Gasteiger partial charge in [-0.1, -0.05) is 58.9 Å². The van der Waals surface area contributed by atoms with E-state index in [1.807, 2.05) is 24.3 Å². The highest BCUT2D eigenvalue weighted by molar-refractivity contribution is 6.46. The summed E-state index contributed by atoms with van der Waals surface area (Å²) in [6, 6.07) is 12.3. The second kappa shape index (κ2) is 10.3. The van der Waals surface area contributed by atoms with E-state index in [0.717, 1.165) is 37.2 Å².